The monoisotopic (exact) mass is 591 g/mol. The van der Waals surface area contributed by atoms with E-state index in [0.29, 0.717) is 57.5 Å². The van der Waals surface area contributed by atoms with Gasteiger partial charge in [-0.15, -0.1) is 0 Å². The normalized spacial score (nSPS) is 29.9. The van der Waals surface area contributed by atoms with E-state index in [1.807, 2.05) is 20.8 Å². The van der Waals surface area contributed by atoms with Crippen molar-refractivity contribution in [3.05, 3.63) is 29.8 Å². The van der Waals surface area contributed by atoms with E-state index in [9.17, 15) is 28.0 Å². The maximum absolute atomic E-state index is 14.0. The van der Waals surface area contributed by atoms with Crippen LogP contribution in [0.25, 0.3) is 0 Å². The lowest BCUT2D eigenvalue weighted by Crippen LogP contribution is -2.62. The second-order valence-corrected chi connectivity index (χ2v) is 12.8. The number of hydrazine groups is 1. The van der Waals surface area contributed by atoms with E-state index in [1.54, 1.807) is 17.0 Å². The third-order valence-electron chi connectivity index (χ3n) is 9.03. The van der Waals surface area contributed by atoms with Crippen LogP contribution in [0.15, 0.2) is 24.3 Å². The minimum Gasteiger partial charge on any atom is -0.444 e. The number of ether oxygens (including phenoxy) is 1. The number of benzene rings is 1. The van der Waals surface area contributed by atoms with Crippen LogP contribution >= 0.6 is 0 Å². The summed E-state index contributed by atoms with van der Waals surface area (Å²) in [5.74, 6) is -0.615. The Balaban J connectivity index is 1.34. The maximum atomic E-state index is 14.0. The second kappa shape index (κ2) is 11.2. The van der Waals surface area contributed by atoms with E-state index in [1.165, 1.54) is 12.1 Å². The van der Waals surface area contributed by atoms with E-state index in [4.69, 9.17) is 4.74 Å². The number of halogens is 3. The molecule has 42 heavy (non-hydrogen) atoms. The molecule has 4 atom stereocenters. The average Bonchev–Trinajstić information content (AvgIpc) is 3.56. The van der Waals surface area contributed by atoms with E-state index >= 15 is 0 Å². The highest BCUT2D eigenvalue weighted by Crippen LogP contribution is 2.45. The molecule has 4 fully saturated rings. The minimum atomic E-state index is -4.42. The molecule has 230 valence electrons. The molecular weight excluding hydrogens is 551 g/mol. The number of hydrogen-bond acceptors (Lipinski definition) is 8. The highest BCUT2D eigenvalue weighted by atomic mass is 19.4. The molecule has 10 nitrogen and oxygen atoms in total. The van der Waals surface area contributed by atoms with E-state index in [2.05, 4.69) is 32.5 Å². The Morgan fingerprint density at radius 2 is 1.83 bits per heavy atom. The molecule has 2 amide bonds. The largest absolute Gasteiger partial charge is 0.444 e. The number of piperidine rings is 2. The third-order valence-corrected chi connectivity index (χ3v) is 9.03. The number of nitriles is 1. The lowest BCUT2D eigenvalue weighted by molar-refractivity contribution is -0.196. The van der Waals surface area contributed by atoms with Crippen molar-refractivity contribution in [2.75, 3.05) is 31.5 Å². The van der Waals surface area contributed by atoms with Crippen LogP contribution in [-0.2, 0) is 15.1 Å². The number of amides is 2. The van der Waals surface area contributed by atoms with Gasteiger partial charge in [0.1, 0.15) is 17.3 Å². The van der Waals surface area contributed by atoms with Crippen molar-refractivity contribution in [1.82, 2.24) is 26.0 Å². The van der Waals surface area contributed by atoms with Gasteiger partial charge >= 0.3 is 12.3 Å². The Kier molecular flexibility index (Phi) is 8.10. The van der Waals surface area contributed by atoms with Crippen LogP contribution in [0, 0.1) is 17.2 Å². The first-order chi connectivity index (χ1) is 19.8. The lowest BCUT2D eigenvalue weighted by atomic mass is 9.81. The van der Waals surface area contributed by atoms with Gasteiger partial charge in [0.05, 0.1) is 23.9 Å². The number of fused-ring (bicyclic) bond motifs is 1. The molecule has 4 saturated heterocycles. The van der Waals surface area contributed by atoms with Crippen LogP contribution in [0.2, 0.25) is 0 Å². The second-order valence-electron chi connectivity index (χ2n) is 12.8. The molecule has 4 N–H and O–H groups in total. The molecule has 0 spiro atoms. The first kappa shape index (κ1) is 30.4. The van der Waals surface area contributed by atoms with Crippen LogP contribution in [0.1, 0.15) is 64.9 Å². The molecule has 5 rings (SSSR count). The highest BCUT2D eigenvalue weighted by Gasteiger charge is 2.58. The summed E-state index contributed by atoms with van der Waals surface area (Å²) in [4.78, 5) is 27.5. The zero-order valence-electron chi connectivity index (χ0n) is 24.3. The summed E-state index contributed by atoms with van der Waals surface area (Å²) in [6.45, 7) is 7.08. The molecule has 1 aromatic carbocycles. The summed E-state index contributed by atoms with van der Waals surface area (Å²) in [6, 6.07) is 8.34. The molecule has 4 aliphatic heterocycles. The fourth-order valence-electron chi connectivity index (χ4n) is 6.92. The number of nitrogens with zero attached hydrogens (tertiary/aromatic N) is 3. The summed E-state index contributed by atoms with van der Waals surface area (Å²) in [6.07, 6.45) is -3.00. The van der Waals surface area contributed by atoms with Crippen LogP contribution in [0.5, 0.6) is 0 Å². The molecule has 3 unspecified atom stereocenters. The zero-order valence-corrected chi connectivity index (χ0v) is 24.3. The number of nitrogens with one attached hydrogen (secondary N) is 4. The van der Waals surface area contributed by atoms with Gasteiger partial charge < -0.3 is 20.3 Å². The molecule has 4 aliphatic rings. The smallest absolute Gasteiger partial charge is 0.410 e. The van der Waals surface area contributed by atoms with E-state index < -0.39 is 34.9 Å². The first-order valence-corrected chi connectivity index (χ1v) is 14.7. The van der Waals surface area contributed by atoms with Crippen molar-refractivity contribution in [2.24, 2.45) is 5.92 Å². The molecule has 1 aromatic rings. The predicted molar refractivity (Wildman–Crippen MR) is 149 cm³/mol. The third kappa shape index (κ3) is 5.64. The summed E-state index contributed by atoms with van der Waals surface area (Å²) >= 11 is 0. The number of carbonyl (C=O) groups excluding carboxylic acids is 2. The molecule has 0 aromatic heterocycles. The van der Waals surface area contributed by atoms with Gasteiger partial charge in [-0.2, -0.15) is 18.4 Å². The van der Waals surface area contributed by atoms with Crippen molar-refractivity contribution in [2.45, 2.75) is 94.4 Å². The Labute approximate surface area is 244 Å². The SMILES string of the molecule is CC(C)(C)OC(=O)N1CCC(CC#N)(N2NC(Nc3ccc([C@]4(C(F)(F)F)CCCN4)cc3)C3C(=O)NCCC32)CC1. The van der Waals surface area contributed by atoms with Gasteiger partial charge in [-0.3, -0.25) is 10.1 Å². The summed E-state index contributed by atoms with van der Waals surface area (Å²) < 4.78 is 47.6. The van der Waals surface area contributed by atoms with Crippen LogP contribution in [-0.4, -0.2) is 77.6 Å². The van der Waals surface area contributed by atoms with Crippen LogP contribution in [0.3, 0.4) is 0 Å². The Hall–Kier alpha value is -3.08. The van der Waals surface area contributed by atoms with Crippen LogP contribution in [0.4, 0.5) is 23.7 Å². The fourth-order valence-corrected chi connectivity index (χ4v) is 6.92. The molecule has 0 aliphatic carbocycles. The van der Waals surface area contributed by atoms with Gasteiger partial charge in [-0.1, -0.05) is 12.1 Å². The fraction of sp³-hybridized carbons (Fsp3) is 0.690. The lowest BCUT2D eigenvalue weighted by Gasteiger charge is -2.48. The van der Waals surface area contributed by atoms with Gasteiger partial charge in [0.15, 0.2) is 0 Å². The van der Waals surface area contributed by atoms with Crippen molar-refractivity contribution in [1.29, 1.82) is 5.26 Å². The number of hydrogen-bond donors (Lipinski definition) is 4. The number of alkyl halides is 3. The number of carbonyl (C=O) groups is 2. The van der Waals surface area contributed by atoms with Crippen molar-refractivity contribution < 1.29 is 27.5 Å². The van der Waals surface area contributed by atoms with E-state index in [0.717, 1.165) is 0 Å². The summed E-state index contributed by atoms with van der Waals surface area (Å²) in [5.41, 5.74) is 0.940. The Morgan fingerprint density at radius 3 is 2.40 bits per heavy atom. The molecule has 4 heterocycles. The minimum absolute atomic E-state index is 0.0152. The number of anilines is 1. The summed E-state index contributed by atoms with van der Waals surface area (Å²) in [7, 11) is 0. The van der Waals surface area contributed by atoms with Crippen molar-refractivity contribution in [3.63, 3.8) is 0 Å². The highest BCUT2D eigenvalue weighted by molar-refractivity contribution is 5.82. The topological polar surface area (TPSA) is 122 Å². The maximum Gasteiger partial charge on any atom is 0.410 e. The number of likely N-dealkylation sites (tertiary alicyclic amines) is 1. The van der Waals surface area contributed by atoms with Crippen molar-refractivity contribution in [3.8, 4) is 6.07 Å². The Morgan fingerprint density at radius 1 is 1.14 bits per heavy atom. The average molecular weight is 592 g/mol. The molecule has 0 bridgehead atoms. The standard InChI is InChI=1S/C29H40F3N7O3/c1-26(2,3)42-25(41)38-17-12-27(11-14-33,13-18-38)39-21-9-16-34-24(40)22(21)23(37-39)36-20-7-5-19(6-8-20)28(29(30,31)32)10-4-15-35-28/h5-8,21-23,35-37H,4,9-13,15-18H2,1-3H3,(H,34,40)/t21?,22?,23?,28-/m0/s1. The summed E-state index contributed by atoms with van der Waals surface area (Å²) in [5, 5.41) is 20.8. The van der Waals surface area contributed by atoms with Crippen LogP contribution < -0.4 is 21.4 Å². The van der Waals surface area contributed by atoms with Crippen molar-refractivity contribution >= 4 is 17.7 Å². The molecule has 13 heteroatoms. The molecule has 0 saturated carbocycles. The van der Waals surface area contributed by atoms with Gasteiger partial charge in [0.25, 0.3) is 0 Å². The Bertz CT molecular complexity index is 1200. The quantitative estimate of drug-likeness (QED) is 0.410. The van der Waals surface area contributed by atoms with Gasteiger partial charge in [-0.05, 0) is 77.1 Å². The molecular formula is C29H40F3N7O3. The number of rotatable bonds is 5. The zero-order chi connectivity index (χ0) is 30.3. The van der Waals surface area contributed by atoms with Gasteiger partial charge in [0.2, 0.25) is 5.91 Å². The van der Waals surface area contributed by atoms with Gasteiger partial charge in [-0.25, -0.2) is 15.2 Å². The predicted octanol–water partition coefficient (Wildman–Crippen LogP) is 3.57. The first-order valence-electron chi connectivity index (χ1n) is 14.7. The molecule has 0 radical (unpaired) electrons. The van der Waals surface area contributed by atoms with E-state index in [-0.39, 0.29) is 36.4 Å². The van der Waals surface area contributed by atoms with Gasteiger partial charge in [0, 0.05) is 31.4 Å².